The van der Waals surface area contributed by atoms with Crippen LogP contribution in [0.25, 0.3) is 5.69 Å². The molecule has 13 heteroatoms. The maximum absolute atomic E-state index is 12.6. The molecule has 0 aliphatic heterocycles. The lowest BCUT2D eigenvalue weighted by molar-refractivity contribution is -0.384. The van der Waals surface area contributed by atoms with Crippen molar-refractivity contribution >= 4 is 27.3 Å². The molecule has 0 radical (unpaired) electrons. The van der Waals surface area contributed by atoms with E-state index in [4.69, 9.17) is 5.14 Å². The van der Waals surface area contributed by atoms with Gasteiger partial charge in [-0.15, -0.1) is 0 Å². The predicted molar refractivity (Wildman–Crippen MR) is 120 cm³/mol. The summed E-state index contributed by atoms with van der Waals surface area (Å²) in [5.74, 6) is -0.167. The summed E-state index contributed by atoms with van der Waals surface area (Å²) in [6.07, 6.45) is 3.11. The van der Waals surface area contributed by atoms with Crippen LogP contribution < -0.4 is 10.5 Å². The van der Waals surface area contributed by atoms with Gasteiger partial charge in [0.2, 0.25) is 15.9 Å². The molecule has 0 fully saturated rings. The molecule has 3 N–H and O–H groups in total. The van der Waals surface area contributed by atoms with E-state index in [2.05, 4.69) is 15.4 Å². The molecule has 3 aromatic rings. The molecule has 0 bridgehead atoms. The van der Waals surface area contributed by atoms with Gasteiger partial charge in [0.1, 0.15) is 18.3 Å². The SMILES string of the molecule is CC(c1ccc(-n2cncn2)cc1)N(C)C(=O)CCNc1ccc(S(N)(=O)=O)cc1[N+](=O)[O-]. The first-order valence-corrected chi connectivity index (χ1v) is 11.4. The van der Waals surface area contributed by atoms with Crippen LogP contribution >= 0.6 is 0 Å². The number of nitrogens with one attached hydrogen (secondary N) is 1. The van der Waals surface area contributed by atoms with E-state index in [9.17, 15) is 23.3 Å². The third-order valence-corrected chi connectivity index (χ3v) is 6.09. The number of hydrogen-bond donors (Lipinski definition) is 2. The number of rotatable bonds is 9. The first kappa shape index (κ1) is 23.8. The minimum absolute atomic E-state index is 0.0754. The van der Waals surface area contributed by atoms with Crippen LogP contribution in [0.1, 0.15) is 24.9 Å². The van der Waals surface area contributed by atoms with E-state index in [-0.39, 0.29) is 35.5 Å². The van der Waals surface area contributed by atoms with Gasteiger partial charge in [-0.1, -0.05) is 12.1 Å². The maximum Gasteiger partial charge on any atom is 0.293 e. The van der Waals surface area contributed by atoms with E-state index >= 15 is 0 Å². The molecule has 0 saturated carbocycles. The van der Waals surface area contributed by atoms with Gasteiger partial charge in [-0.2, -0.15) is 5.10 Å². The van der Waals surface area contributed by atoms with E-state index in [1.54, 1.807) is 23.0 Å². The molecule has 0 saturated heterocycles. The largest absolute Gasteiger partial charge is 0.379 e. The molecule has 33 heavy (non-hydrogen) atoms. The van der Waals surface area contributed by atoms with E-state index in [0.29, 0.717) is 0 Å². The highest BCUT2D eigenvalue weighted by Gasteiger charge is 2.20. The predicted octanol–water partition coefficient (Wildman–Crippen LogP) is 1.84. The molecule has 1 unspecified atom stereocenters. The van der Waals surface area contributed by atoms with Crippen LogP contribution in [0.15, 0.2) is 60.0 Å². The van der Waals surface area contributed by atoms with Gasteiger partial charge < -0.3 is 10.2 Å². The molecule has 1 aromatic heterocycles. The van der Waals surface area contributed by atoms with Crippen LogP contribution in [0.2, 0.25) is 0 Å². The maximum atomic E-state index is 12.6. The number of nitrogens with two attached hydrogens (primary N) is 1. The van der Waals surface area contributed by atoms with Crippen LogP contribution in [0.4, 0.5) is 11.4 Å². The van der Waals surface area contributed by atoms with Crippen molar-refractivity contribution in [1.82, 2.24) is 19.7 Å². The van der Waals surface area contributed by atoms with Crippen molar-refractivity contribution < 1.29 is 18.1 Å². The highest BCUT2D eigenvalue weighted by molar-refractivity contribution is 7.89. The number of hydrogen-bond acceptors (Lipinski definition) is 8. The molecule has 12 nitrogen and oxygen atoms in total. The first-order valence-electron chi connectivity index (χ1n) is 9.83. The van der Waals surface area contributed by atoms with Crippen LogP contribution in [0.5, 0.6) is 0 Å². The van der Waals surface area contributed by atoms with Crippen LogP contribution in [0, 0.1) is 10.1 Å². The third-order valence-electron chi connectivity index (χ3n) is 5.18. The number of carbonyl (C=O) groups is 1. The van der Waals surface area contributed by atoms with E-state index < -0.39 is 20.6 Å². The number of carbonyl (C=O) groups excluding carboxylic acids is 1. The van der Waals surface area contributed by atoms with Crippen molar-refractivity contribution in [1.29, 1.82) is 0 Å². The number of aromatic nitrogens is 3. The van der Waals surface area contributed by atoms with E-state index in [1.165, 1.54) is 18.5 Å². The molecule has 0 spiro atoms. The van der Waals surface area contributed by atoms with Crippen molar-refractivity contribution in [3.8, 4) is 5.69 Å². The summed E-state index contributed by atoms with van der Waals surface area (Å²) >= 11 is 0. The second-order valence-corrected chi connectivity index (χ2v) is 8.83. The van der Waals surface area contributed by atoms with Crippen LogP contribution in [-0.4, -0.2) is 52.5 Å². The molecular formula is C20H23N7O5S. The summed E-state index contributed by atoms with van der Waals surface area (Å²) in [4.78, 5) is 28.4. The second-order valence-electron chi connectivity index (χ2n) is 7.27. The Bertz CT molecular complexity index is 1240. The second kappa shape index (κ2) is 9.75. The topological polar surface area (TPSA) is 166 Å². The number of primary sulfonamides is 1. The summed E-state index contributed by atoms with van der Waals surface area (Å²) < 4.78 is 24.5. The number of sulfonamides is 1. The zero-order valence-electron chi connectivity index (χ0n) is 18.0. The minimum atomic E-state index is -4.07. The lowest BCUT2D eigenvalue weighted by Crippen LogP contribution is -2.31. The van der Waals surface area contributed by atoms with Gasteiger partial charge in [0, 0.05) is 26.1 Å². The van der Waals surface area contributed by atoms with Gasteiger partial charge in [0.05, 0.1) is 21.5 Å². The van der Waals surface area contributed by atoms with Gasteiger partial charge in [-0.05, 0) is 36.8 Å². The molecule has 0 aliphatic carbocycles. The molecule has 1 heterocycles. The zero-order valence-corrected chi connectivity index (χ0v) is 18.8. The third kappa shape index (κ3) is 5.70. The first-order chi connectivity index (χ1) is 15.6. The summed E-state index contributed by atoms with van der Waals surface area (Å²) in [5, 5.41) is 23.2. The normalized spacial score (nSPS) is 12.2. The van der Waals surface area contributed by atoms with Crippen molar-refractivity contribution in [3.05, 3.63) is 70.8 Å². The smallest absolute Gasteiger partial charge is 0.293 e. The number of amides is 1. The fourth-order valence-corrected chi connectivity index (χ4v) is 3.69. The Balaban J connectivity index is 1.61. The number of nitrogens with zero attached hydrogens (tertiary/aromatic N) is 5. The van der Waals surface area contributed by atoms with Gasteiger partial charge in [-0.3, -0.25) is 14.9 Å². The molecule has 174 valence electrons. The summed E-state index contributed by atoms with van der Waals surface area (Å²) in [6.45, 7) is 2.02. The molecule has 0 aliphatic rings. The molecule has 2 aromatic carbocycles. The lowest BCUT2D eigenvalue weighted by Gasteiger charge is -2.25. The molecule has 3 rings (SSSR count). The number of anilines is 1. The van der Waals surface area contributed by atoms with E-state index in [1.807, 2.05) is 31.2 Å². The Morgan fingerprint density at radius 2 is 1.97 bits per heavy atom. The summed E-state index contributed by atoms with van der Waals surface area (Å²) in [6, 6.07) is 10.7. The number of nitro groups is 1. The number of nitro benzene ring substituents is 1. The fraction of sp³-hybridized carbons (Fsp3) is 0.250. The molecule has 1 atom stereocenters. The van der Waals surface area contributed by atoms with Gasteiger partial charge in [-0.25, -0.2) is 23.2 Å². The molecular weight excluding hydrogens is 450 g/mol. The van der Waals surface area contributed by atoms with Crippen LogP contribution in [0.3, 0.4) is 0 Å². The Kier molecular flexibility index (Phi) is 7.04. The standard InChI is InChI=1S/C20H23N7O5S/c1-14(15-3-5-16(6-4-15)26-13-22-12-24-26)25(2)20(28)9-10-23-18-8-7-17(33(21,31)32)11-19(18)27(29)30/h3-8,11-14,23H,9-10H2,1-2H3,(H2,21,31,32). The lowest BCUT2D eigenvalue weighted by atomic mass is 10.1. The van der Waals surface area contributed by atoms with Crippen molar-refractivity contribution in [2.45, 2.75) is 24.3 Å². The van der Waals surface area contributed by atoms with Crippen LogP contribution in [-0.2, 0) is 14.8 Å². The highest BCUT2D eigenvalue weighted by Crippen LogP contribution is 2.27. The summed E-state index contributed by atoms with van der Waals surface area (Å²) in [7, 11) is -2.39. The Hall–Kier alpha value is -3.84. The Labute approximate surface area is 190 Å². The van der Waals surface area contributed by atoms with Gasteiger partial charge >= 0.3 is 0 Å². The van der Waals surface area contributed by atoms with Crippen molar-refractivity contribution in [2.75, 3.05) is 18.9 Å². The fourth-order valence-electron chi connectivity index (χ4n) is 3.16. The van der Waals surface area contributed by atoms with Crippen molar-refractivity contribution in [2.24, 2.45) is 5.14 Å². The van der Waals surface area contributed by atoms with Gasteiger partial charge in [0.15, 0.2) is 0 Å². The number of benzene rings is 2. The van der Waals surface area contributed by atoms with E-state index in [0.717, 1.165) is 17.3 Å². The monoisotopic (exact) mass is 473 g/mol. The molecule has 1 amide bonds. The minimum Gasteiger partial charge on any atom is -0.379 e. The average molecular weight is 474 g/mol. The van der Waals surface area contributed by atoms with Crippen molar-refractivity contribution in [3.63, 3.8) is 0 Å². The average Bonchev–Trinajstić information content (AvgIpc) is 3.32. The Morgan fingerprint density at radius 1 is 1.27 bits per heavy atom. The Morgan fingerprint density at radius 3 is 2.55 bits per heavy atom. The summed E-state index contributed by atoms with van der Waals surface area (Å²) in [5.41, 5.74) is 1.43. The van der Waals surface area contributed by atoms with Gasteiger partial charge in [0.25, 0.3) is 5.69 Å². The quantitative estimate of drug-likeness (QED) is 0.351. The zero-order chi connectivity index (χ0) is 24.2. The highest BCUT2D eigenvalue weighted by atomic mass is 32.2.